The van der Waals surface area contributed by atoms with E-state index < -0.39 is 5.97 Å². The number of carboxylic acids is 1. The standard InChI is InChI=1S/C27H31NO5/c1-2-3-4-5-6-7-8-20-9-12-24(13-10-20)33-19-23(30)17-28-16-22(18-29)25-15-21(27(31)32)11-14-26(25)28/h9-16,18H,2-8,17,19H2,1H3,(H,31,32). The first-order chi connectivity index (χ1) is 16.0. The summed E-state index contributed by atoms with van der Waals surface area (Å²) in [6.07, 6.45) is 10.9. The van der Waals surface area contributed by atoms with Gasteiger partial charge in [-0.2, -0.15) is 0 Å². The summed E-state index contributed by atoms with van der Waals surface area (Å²) in [4.78, 5) is 35.1. The molecule has 0 spiro atoms. The largest absolute Gasteiger partial charge is 0.486 e. The molecule has 6 heteroatoms. The fourth-order valence-electron chi connectivity index (χ4n) is 3.94. The first-order valence-corrected chi connectivity index (χ1v) is 11.6. The Morgan fingerprint density at radius 3 is 2.42 bits per heavy atom. The van der Waals surface area contributed by atoms with Gasteiger partial charge < -0.3 is 14.4 Å². The van der Waals surface area contributed by atoms with Gasteiger partial charge in [-0.1, -0.05) is 51.2 Å². The molecule has 33 heavy (non-hydrogen) atoms. The number of hydrogen-bond donors (Lipinski definition) is 1. The Kier molecular flexibility index (Phi) is 8.81. The van der Waals surface area contributed by atoms with Gasteiger partial charge in [0.05, 0.1) is 12.1 Å². The van der Waals surface area contributed by atoms with Crippen LogP contribution in [-0.4, -0.2) is 34.3 Å². The normalized spacial score (nSPS) is 10.9. The molecule has 0 aliphatic heterocycles. The summed E-state index contributed by atoms with van der Waals surface area (Å²) in [6, 6.07) is 12.4. The third-order valence-electron chi connectivity index (χ3n) is 5.77. The van der Waals surface area contributed by atoms with Crippen LogP contribution in [0.1, 0.15) is 71.7 Å². The van der Waals surface area contributed by atoms with Crippen molar-refractivity contribution in [3.63, 3.8) is 0 Å². The smallest absolute Gasteiger partial charge is 0.335 e. The monoisotopic (exact) mass is 449 g/mol. The van der Waals surface area contributed by atoms with Gasteiger partial charge in [-0.15, -0.1) is 0 Å². The Morgan fingerprint density at radius 2 is 1.73 bits per heavy atom. The van der Waals surface area contributed by atoms with Gasteiger partial charge in [0, 0.05) is 22.7 Å². The number of rotatable bonds is 14. The van der Waals surface area contributed by atoms with E-state index in [0.717, 1.165) is 6.42 Å². The molecule has 0 aliphatic rings. The number of carboxylic acid groups (broad SMARTS) is 1. The fourth-order valence-corrected chi connectivity index (χ4v) is 3.94. The summed E-state index contributed by atoms with van der Waals surface area (Å²) in [7, 11) is 0. The van der Waals surface area contributed by atoms with Crippen molar-refractivity contribution in [3.05, 3.63) is 65.4 Å². The molecular formula is C27H31NO5. The van der Waals surface area contributed by atoms with Crippen LogP contribution in [0.4, 0.5) is 0 Å². The van der Waals surface area contributed by atoms with Gasteiger partial charge in [-0.05, 0) is 48.7 Å². The molecule has 1 aromatic heterocycles. The van der Waals surface area contributed by atoms with Gasteiger partial charge in [0.1, 0.15) is 12.4 Å². The third kappa shape index (κ3) is 6.78. The lowest BCUT2D eigenvalue weighted by atomic mass is 10.0. The highest BCUT2D eigenvalue weighted by molar-refractivity contribution is 6.02. The minimum absolute atomic E-state index is 0.0346. The van der Waals surface area contributed by atoms with Gasteiger partial charge in [0.15, 0.2) is 12.1 Å². The maximum Gasteiger partial charge on any atom is 0.335 e. The second kappa shape index (κ2) is 12.0. The van der Waals surface area contributed by atoms with Crippen molar-refractivity contribution in [1.29, 1.82) is 0 Å². The number of hydrogen-bond acceptors (Lipinski definition) is 4. The van der Waals surface area contributed by atoms with Crippen LogP contribution in [-0.2, 0) is 17.8 Å². The Morgan fingerprint density at radius 1 is 1.00 bits per heavy atom. The minimum Gasteiger partial charge on any atom is -0.486 e. The molecule has 0 unspecified atom stereocenters. The molecule has 1 N–H and O–H groups in total. The minimum atomic E-state index is -1.07. The lowest BCUT2D eigenvalue weighted by Gasteiger charge is -2.08. The number of ketones is 1. The van der Waals surface area contributed by atoms with E-state index in [1.807, 2.05) is 24.3 Å². The zero-order valence-electron chi connectivity index (χ0n) is 19.1. The predicted octanol–water partition coefficient (Wildman–Crippen LogP) is 5.70. The fraction of sp³-hybridized carbons (Fsp3) is 0.370. The molecule has 0 fully saturated rings. The highest BCUT2D eigenvalue weighted by Crippen LogP contribution is 2.22. The third-order valence-corrected chi connectivity index (χ3v) is 5.77. The van der Waals surface area contributed by atoms with Crippen molar-refractivity contribution in [2.24, 2.45) is 0 Å². The molecule has 6 nitrogen and oxygen atoms in total. The molecular weight excluding hydrogens is 418 g/mol. The van der Waals surface area contributed by atoms with E-state index in [4.69, 9.17) is 4.74 Å². The summed E-state index contributed by atoms with van der Waals surface area (Å²) in [5.41, 5.74) is 2.35. The van der Waals surface area contributed by atoms with Crippen LogP contribution in [0.5, 0.6) is 5.75 Å². The summed E-state index contributed by atoms with van der Waals surface area (Å²) in [5.74, 6) is -0.570. The molecule has 3 rings (SSSR count). The summed E-state index contributed by atoms with van der Waals surface area (Å²) in [5, 5.41) is 9.69. The van der Waals surface area contributed by atoms with E-state index in [1.54, 1.807) is 16.8 Å². The van der Waals surface area contributed by atoms with Crippen molar-refractivity contribution in [3.8, 4) is 5.75 Å². The predicted molar refractivity (Wildman–Crippen MR) is 128 cm³/mol. The van der Waals surface area contributed by atoms with Crippen LogP contribution in [0.25, 0.3) is 10.9 Å². The number of ether oxygens (including phenoxy) is 1. The van der Waals surface area contributed by atoms with Crippen LogP contribution < -0.4 is 4.74 Å². The number of unbranched alkanes of at least 4 members (excludes halogenated alkanes) is 5. The molecule has 1 heterocycles. The number of fused-ring (bicyclic) bond motifs is 1. The molecule has 0 saturated carbocycles. The summed E-state index contributed by atoms with van der Waals surface area (Å²) >= 11 is 0. The Bertz CT molecular complexity index is 1100. The first kappa shape index (κ1) is 24.2. The quantitative estimate of drug-likeness (QED) is 0.252. The van der Waals surface area contributed by atoms with Crippen molar-refractivity contribution >= 4 is 28.9 Å². The SMILES string of the molecule is CCCCCCCCc1ccc(OCC(=O)Cn2cc(C=O)c3cc(C(=O)O)ccc32)cc1. The Hall–Kier alpha value is -3.41. The molecule has 174 valence electrons. The number of carbonyl (C=O) groups is 3. The van der Waals surface area contributed by atoms with Gasteiger partial charge in [0.2, 0.25) is 0 Å². The van der Waals surface area contributed by atoms with E-state index in [9.17, 15) is 19.5 Å². The van der Waals surface area contributed by atoms with Crippen LogP contribution in [0, 0.1) is 0 Å². The first-order valence-electron chi connectivity index (χ1n) is 11.6. The van der Waals surface area contributed by atoms with Crippen LogP contribution in [0.3, 0.4) is 0 Å². The molecule has 0 aliphatic carbocycles. The lowest BCUT2D eigenvalue weighted by molar-refractivity contribution is -0.121. The molecule has 0 bridgehead atoms. The van der Waals surface area contributed by atoms with Crippen molar-refractivity contribution in [2.75, 3.05) is 6.61 Å². The second-order valence-electron chi connectivity index (χ2n) is 8.36. The van der Waals surface area contributed by atoms with E-state index >= 15 is 0 Å². The number of aldehydes is 1. The van der Waals surface area contributed by atoms with Crippen molar-refractivity contribution in [2.45, 2.75) is 58.4 Å². The lowest BCUT2D eigenvalue weighted by Crippen LogP contribution is -2.17. The molecule has 0 radical (unpaired) electrons. The number of aromatic nitrogens is 1. The molecule has 0 amide bonds. The molecule has 2 aromatic carbocycles. The van der Waals surface area contributed by atoms with Crippen LogP contribution in [0.15, 0.2) is 48.7 Å². The van der Waals surface area contributed by atoms with Gasteiger partial charge >= 0.3 is 5.97 Å². The number of benzene rings is 2. The number of aryl methyl sites for hydroxylation is 1. The number of Topliss-reactive ketones (excluding diaryl/α,β-unsaturated/α-hetero) is 1. The highest BCUT2D eigenvalue weighted by Gasteiger charge is 2.14. The number of nitrogens with zero attached hydrogens (tertiary/aromatic N) is 1. The molecule has 0 saturated heterocycles. The van der Waals surface area contributed by atoms with Crippen molar-refractivity contribution in [1.82, 2.24) is 4.57 Å². The van der Waals surface area contributed by atoms with Crippen LogP contribution in [0.2, 0.25) is 0 Å². The Balaban J connectivity index is 1.52. The van der Waals surface area contributed by atoms with E-state index in [2.05, 4.69) is 6.92 Å². The van der Waals surface area contributed by atoms with E-state index in [1.165, 1.54) is 56.2 Å². The van der Waals surface area contributed by atoms with E-state index in [0.29, 0.717) is 28.5 Å². The molecule has 0 atom stereocenters. The Labute approximate surface area is 194 Å². The second-order valence-corrected chi connectivity index (χ2v) is 8.36. The van der Waals surface area contributed by atoms with E-state index in [-0.39, 0.29) is 24.5 Å². The maximum absolute atomic E-state index is 12.5. The average molecular weight is 450 g/mol. The number of aromatic carboxylic acids is 1. The number of carbonyl (C=O) groups excluding carboxylic acids is 2. The zero-order chi connectivity index (χ0) is 23.6. The van der Waals surface area contributed by atoms with Gasteiger partial charge in [0.25, 0.3) is 0 Å². The zero-order valence-corrected chi connectivity index (χ0v) is 19.1. The highest BCUT2D eigenvalue weighted by atomic mass is 16.5. The van der Waals surface area contributed by atoms with Crippen molar-refractivity contribution < 1.29 is 24.2 Å². The molecule has 3 aromatic rings. The summed E-state index contributed by atoms with van der Waals surface area (Å²) in [6.45, 7) is 2.18. The topological polar surface area (TPSA) is 85.6 Å². The van der Waals surface area contributed by atoms with Crippen LogP contribution >= 0.6 is 0 Å². The van der Waals surface area contributed by atoms with Gasteiger partial charge in [-0.3, -0.25) is 9.59 Å². The maximum atomic E-state index is 12.5. The summed E-state index contributed by atoms with van der Waals surface area (Å²) < 4.78 is 7.30. The average Bonchev–Trinajstić information content (AvgIpc) is 3.17. The van der Waals surface area contributed by atoms with Gasteiger partial charge in [-0.25, -0.2) is 4.79 Å².